The largest absolute Gasteiger partial charge is 0.313 e. The van der Waals surface area contributed by atoms with Crippen molar-refractivity contribution in [1.29, 1.82) is 0 Å². The molecule has 0 amide bonds. The van der Waals surface area contributed by atoms with Gasteiger partial charge in [-0.1, -0.05) is 27.7 Å². The van der Waals surface area contributed by atoms with Gasteiger partial charge in [0.05, 0.1) is 0 Å². The molecule has 1 aliphatic heterocycles. The third-order valence-corrected chi connectivity index (χ3v) is 6.95. The van der Waals surface area contributed by atoms with Crippen LogP contribution in [0.15, 0.2) is 0 Å². The molecule has 1 N–H and O–H groups in total. The minimum atomic E-state index is -2.99. The Morgan fingerprint density at radius 1 is 1.37 bits per heavy atom. The van der Waals surface area contributed by atoms with Crippen LogP contribution in [0.3, 0.4) is 0 Å². The van der Waals surface area contributed by atoms with Crippen molar-refractivity contribution < 1.29 is 8.42 Å². The zero-order valence-electron chi connectivity index (χ0n) is 12.6. The molecule has 1 saturated heterocycles. The van der Waals surface area contributed by atoms with Crippen LogP contribution in [-0.4, -0.2) is 61.1 Å². The standard InChI is InChI=1S/C13H28N2O2S2/c1-5-12(9-14-11(3)4)15-7-8-18-10-13(15)19(16,17)6-2/h11-14H,5-10H2,1-4H3. The second kappa shape index (κ2) is 7.86. The van der Waals surface area contributed by atoms with E-state index in [1.54, 1.807) is 18.7 Å². The summed E-state index contributed by atoms with van der Waals surface area (Å²) in [6.07, 6.45) is 0.986. The first kappa shape index (κ1) is 17.3. The van der Waals surface area contributed by atoms with Crippen LogP contribution >= 0.6 is 11.8 Å². The van der Waals surface area contributed by atoms with Crippen molar-refractivity contribution in [3.63, 3.8) is 0 Å². The van der Waals surface area contributed by atoms with Gasteiger partial charge in [-0.2, -0.15) is 11.8 Å². The Labute approximate surface area is 122 Å². The first-order chi connectivity index (χ1) is 8.92. The summed E-state index contributed by atoms with van der Waals surface area (Å²) in [5.74, 6) is 1.99. The highest BCUT2D eigenvalue weighted by Gasteiger charge is 2.36. The predicted molar refractivity (Wildman–Crippen MR) is 84.5 cm³/mol. The van der Waals surface area contributed by atoms with Crippen molar-refractivity contribution in [3.05, 3.63) is 0 Å². The lowest BCUT2D eigenvalue weighted by molar-refractivity contribution is 0.180. The molecule has 0 aromatic carbocycles. The molecule has 0 aliphatic carbocycles. The fourth-order valence-corrected chi connectivity index (χ4v) is 5.47. The first-order valence-electron chi connectivity index (χ1n) is 7.20. The molecule has 0 radical (unpaired) electrons. The monoisotopic (exact) mass is 308 g/mol. The molecule has 19 heavy (non-hydrogen) atoms. The summed E-state index contributed by atoms with van der Waals surface area (Å²) in [7, 11) is -2.99. The summed E-state index contributed by atoms with van der Waals surface area (Å²) in [5.41, 5.74) is 0. The van der Waals surface area contributed by atoms with Crippen molar-refractivity contribution >= 4 is 21.6 Å². The normalized spacial score (nSPS) is 23.7. The maximum absolute atomic E-state index is 12.2. The Morgan fingerprint density at radius 3 is 2.58 bits per heavy atom. The lowest BCUT2D eigenvalue weighted by atomic mass is 10.1. The lowest BCUT2D eigenvalue weighted by Gasteiger charge is -2.40. The number of hydrogen-bond donors (Lipinski definition) is 1. The molecule has 2 atom stereocenters. The molecule has 114 valence electrons. The van der Waals surface area contributed by atoms with Crippen molar-refractivity contribution in [2.75, 3.05) is 30.3 Å². The highest BCUT2D eigenvalue weighted by atomic mass is 32.2. The van der Waals surface area contributed by atoms with Crippen LogP contribution < -0.4 is 5.32 Å². The Kier molecular flexibility index (Phi) is 7.14. The average Bonchev–Trinajstić information content (AvgIpc) is 2.39. The second-order valence-electron chi connectivity index (χ2n) is 5.34. The summed E-state index contributed by atoms with van der Waals surface area (Å²) >= 11 is 1.76. The lowest BCUT2D eigenvalue weighted by Crippen LogP contribution is -2.55. The van der Waals surface area contributed by atoms with Crippen LogP contribution in [0.5, 0.6) is 0 Å². The molecule has 4 nitrogen and oxygen atoms in total. The Hall–Kier alpha value is 0.220. The number of thioether (sulfide) groups is 1. The number of sulfone groups is 1. The smallest absolute Gasteiger partial charge is 0.166 e. The van der Waals surface area contributed by atoms with Gasteiger partial charge in [-0.05, 0) is 6.42 Å². The molecule has 0 spiro atoms. The van der Waals surface area contributed by atoms with E-state index in [1.165, 1.54) is 0 Å². The van der Waals surface area contributed by atoms with E-state index in [-0.39, 0.29) is 11.1 Å². The highest BCUT2D eigenvalue weighted by Crippen LogP contribution is 2.24. The SMILES string of the molecule is CCC(CNC(C)C)N1CCSCC1S(=O)(=O)CC. The van der Waals surface area contributed by atoms with E-state index in [9.17, 15) is 8.42 Å². The van der Waals surface area contributed by atoms with Gasteiger partial charge in [-0.15, -0.1) is 0 Å². The van der Waals surface area contributed by atoms with Gasteiger partial charge >= 0.3 is 0 Å². The molecule has 1 aliphatic rings. The highest BCUT2D eigenvalue weighted by molar-refractivity contribution is 8.01. The summed E-state index contributed by atoms with van der Waals surface area (Å²) in [6.45, 7) is 9.89. The van der Waals surface area contributed by atoms with E-state index in [0.29, 0.717) is 17.8 Å². The van der Waals surface area contributed by atoms with Crippen molar-refractivity contribution in [1.82, 2.24) is 10.2 Å². The molecular formula is C13H28N2O2S2. The van der Waals surface area contributed by atoms with Gasteiger partial charge in [0, 0.05) is 42.4 Å². The molecule has 0 aromatic heterocycles. The second-order valence-corrected chi connectivity index (χ2v) is 8.94. The van der Waals surface area contributed by atoms with Gasteiger partial charge in [-0.25, -0.2) is 8.42 Å². The van der Waals surface area contributed by atoms with Crippen LogP contribution in [0.4, 0.5) is 0 Å². The minimum absolute atomic E-state index is 0.239. The molecule has 1 rings (SSSR count). The minimum Gasteiger partial charge on any atom is -0.313 e. The molecule has 0 aromatic rings. The third-order valence-electron chi connectivity index (χ3n) is 3.64. The fraction of sp³-hybridized carbons (Fsp3) is 1.00. The number of hydrogen-bond acceptors (Lipinski definition) is 5. The summed E-state index contributed by atoms with van der Waals surface area (Å²) in [5, 5.41) is 3.14. The molecule has 0 bridgehead atoms. The average molecular weight is 309 g/mol. The van der Waals surface area contributed by atoms with E-state index in [4.69, 9.17) is 0 Å². The summed E-state index contributed by atoms with van der Waals surface area (Å²) in [6, 6.07) is 0.754. The zero-order chi connectivity index (χ0) is 14.5. The van der Waals surface area contributed by atoms with Crippen LogP contribution in [0, 0.1) is 0 Å². The molecule has 1 fully saturated rings. The molecule has 2 unspecified atom stereocenters. The number of nitrogens with one attached hydrogen (secondary N) is 1. The van der Waals surface area contributed by atoms with Crippen LogP contribution in [0.25, 0.3) is 0 Å². The van der Waals surface area contributed by atoms with Gasteiger partial charge in [0.15, 0.2) is 9.84 Å². The fourth-order valence-electron chi connectivity index (χ4n) is 2.38. The van der Waals surface area contributed by atoms with E-state index < -0.39 is 9.84 Å². The van der Waals surface area contributed by atoms with Gasteiger partial charge in [0.2, 0.25) is 0 Å². The van der Waals surface area contributed by atoms with E-state index in [2.05, 4.69) is 31.0 Å². The van der Waals surface area contributed by atoms with Gasteiger partial charge in [-0.3, -0.25) is 4.90 Å². The maximum atomic E-state index is 12.2. The number of rotatable bonds is 7. The van der Waals surface area contributed by atoms with E-state index in [0.717, 1.165) is 25.3 Å². The molecular weight excluding hydrogens is 280 g/mol. The van der Waals surface area contributed by atoms with E-state index in [1.807, 2.05) is 0 Å². The molecule has 6 heteroatoms. The Morgan fingerprint density at radius 2 is 2.05 bits per heavy atom. The van der Waals surface area contributed by atoms with Crippen molar-refractivity contribution in [2.45, 2.75) is 51.6 Å². The zero-order valence-corrected chi connectivity index (χ0v) is 14.2. The Bertz CT molecular complexity index is 358. The number of nitrogens with zero attached hydrogens (tertiary/aromatic N) is 1. The van der Waals surface area contributed by atoms with Crippen LogP contribution in [-0.2, 0) is 9.84 Å². The topological polar surface area (TPSA) is 49.4 Å². The van der Waals surface area contributed by atoms with Gasteiger partial charge in [0.25, 0.3) is 0 Å². The molecule has 0 saturated carbocycles. The van der Waals surface area contributed by atoms with E-state index >= 15 is 0 Å². The van der Waals surface area contributed by atoms with Gasteiger partial charge < -0.3 is 5.32 Å². The quantitative estimate of drug-likeness (QED) is 0.774. The van der Waals surface area contributed by atoms with Crippen molar-refractivity contribution in [2.24, 2.45) is 0 Å². The predicted octanol–water partition coefficient (Wildman–Crippen LogP) is 1.57. The summed E-state index contributed by atoms with van der Waals surface area (Å²) < 4.78 is 24.5. The summed E-state index contributed by atoms with van der Waals surface area (Å²) in [4.78, 5) is 2.21. The first-order valence-corrected chi connectivity index (χ1v) is 10.1. The van der Waals surface area contributed by atoms with Crippen LogP contribution in [0.1, 0.15) is 34.1 Å². The molecule has 1 heterocycles. The Balaban J connectivity index is 2.79. The van der Waals surface area contributed by atoms with Crippen molar-refractivity contribution in [3.8, 4) is 0 Å². The van der Waals surface area contributed by atoms with Crippen LogP contribution in [0.2, 0.25) is 0 Å². The van der Waals surface area contributed by atoms with Gasteiger partial charge in [0.1, 0.15) is 5.37 Å². The maximum Gasteiger partial charge on any atom is 0.166 e. The third kappa shape index (κ3) is 4.92.